The topological polar surface area (TPSA) is 161 Å². The smallest absolute Gasteiger partial charge is 0.303 e. The Morgan fingerprint density at radius 3 is 0.750 bits per heavy atom. The zero-order chi connectivity index (χ0) is 42.0. The minimum Gasteiger partial charge on any atom is -0.481 e. The standard InChI is InChI=1S/2C18H37NO.C12H14O4/c2*1-2-3-4-5-6-7-8-9-10-11-12-13-14-15-16-17-18(19)20;13-11(14)9-7-5-3-1-2-4-6-8-10-12(15)16/h2*2-17H2,1H3,(H2,19,20);5-10H2,(H,13,14)(H,15,16). The van der Waals surface area contributed by atoms with Gasteiger partial charge in [0.25, 0.3) is 0 Å². The molecule has 0 saturated carbocycles. The summed E-state index contributed by atoms with van der Waals surface area (Å²) in [6.45, 7) is 4.55. The van der Waals surface area contributed by atoms with E-state index in [1.54, 1.807) is 0 Å². The van der Waals surface area contributed by atoms with Gasteiger partial charge in [0.1, 0.15) is 0 Å². The van der Waals surface area contributed by atoms with E-state index in [-0.39, 0.29) is 24.7 Å². The van der Waals surface area contributed by atoms with Crippen molar-refractivity contribution in [2.24, 2.45) is 11.5 Å². The van der Waals surface area contributed by atoms with Crippen LogP contribution in [-0.2, 0) is 19.2 Å². The molecular weight excluding hydrogens is 701 g/mol. The average Bonchev–Trinajstić information content (AvgIpc) is 3.15. The molecule has 0 unspecified atom stereocenters. The molecule has 0 fully saturated rings. The van der Waals surface area contributed by atoms with Crippen LogP contribution in [0.15, 0.2) is 0 Å². The van der Waals surface area contributed by atoms with Gasteiger partial charge in [-0.2, -0.15) is 0 Å². The molecule has 0 saturated heterocycles. The Morgan fingerprint density at radius 1 is 0.339 bits per heavy atom. The number of nitrogens with two attached hydrogens (primary N) is 2. The summed E-state index contributed by atoms with van der Waals surface area (Å²) in [7, 11) is 0. The van der Waals surface area contributed by atoms with Crippen molar-refractivity contribution in [1.82, 2.24) is 0 Å². The Balaban J connectivity index is -0.000000758. The number of carboxylic acids is 2. The van der Waals surface area contributed by atoms with Crippen LogP contribution in [0.3, 0.4) is 0 Å². The molecule has 0 aromatic heterocycles. The van der Waals surface area contributed by atoms with E-state index >= 15 is 0 Å². The summed E-state index contributed by atoms with van der Waals surface area (Å²) in [5, 5.41) is 16.7. The average molecular weight is 789 g/mol. The molecule has 0 spiro atoms. The molecule has 326 valence electrons. The number of carbonyl (C=O) groups is 4. The van der Waals surface area contributed by atoms with Crippen molar-refractivity contribution in [3.63, 3.8) is 0 Å². The summed E-state index contributed by atoms with van der Waals surface area (Å²) in [5.41, 5.74) is 10.2. The first-order chi connectivity index (χ1) is 27.2. The molecule has 0 aromatic rings. The molecule has 0 heterocycles. The first-order valence-electron chi connectivity index (χ1n) is 23.1. The van der Waals surface area contributed by atoms with Crippen LogP contribution in [0.4, 0.5) is 0 Å². The minimum absolute atomic E-state index is 0.126. The number of rotatable bonds is 38. The van der Waals surface area contributed by atoms with E-state index < -0.39 is 11.9 Å². The van der Waals surface area contributed by atoms with Gasteiger partial charge in [-0.05, 0) is 37.5 Å². The fourth-order valence-electron chi connectivity index (χ4n) is 6.21. The van der Waals surface area contributed by atoms with Crippen molar-refractivity contribution in [3.05, 3.63) is 0 Å². The molecule has 0 aliphatic rings. The molecule has 56 heavy (non-hydrogen) atoms. The molecule has 8 heteroatoms. The SMILES string of the molecule is CCCCCCCCCCCCCCCCCC(N)=O.CCCCCCCCCCCCCCCCCC(N)=O.O=C(O)CCCC#CC#CCCCC(=O)O. The van der Waals surface area contributed by atoms with Crippen molar-refractivity contribution >= 4 is 23.8 Å². The maximum atomic E-state index is 10.6. The second kappa shape index (κ2) is 52.0. The second-order valence-electron chi connectivity index (χ2n) is 15.4. The van der Waals surface area contributed by atoms with Gasteiger partial charge in [0.15, 0.2) is 0 Å². The molecule has 0 radical (unpaired) electrons. The molecule has 0 atom stereocenters. The lowest BCUT2D eigenvalue weighted by Crippen LogP contribution is -2.09. The number of carbonyl (C=O) groups excluding carboxylic acids is 2. The maximum absolute atomic E-state index is 10.6. The van der Waals surface area contributed by atoms with Crippen LogP contribution in [-0.4, -0.2) is 34.0 Å². The van der Waals surface area contributed by atoms with Gasteiger partial charge in [-0.15, -0.1) is 0 Å². The monoisotopic (exact) mass is 789 g/mol. The maximum Gasteiger partial charge on any atom is 0.303 e. The summed E-state index contributed by atoms with van der Waals surface area (Å²) in [6, 6.07) is 0. The van der Waals surface area contributed by atoms with Gasteiger partial charge in [-0.1, -0.05) is 205 Å². The van der Waals surface area contributed by atoms with E-state index in [0.29, 0.717) is 38.5 Å². The molecule has 0 aromatic carbocycles. The van der Waals surface area contributed by atoms with Crippen LogP contribution < -0.4 is 11.5 Å². The van der Waals surface area contributed by atoms with E-state index in [4.69, 9.17) is 21.7 Å². The van der Waals surface area contributed by atoms with E-state index in [1.807, 2.05) is 0 Å². The molecule has 0 aliphatic carbocycles. The largest absolute Gasteiger partial charge is 0.481 e. The molecule has 2 amide bonds. The Morgan fingerprint density at radius 2 is 0.554 bits per heavy atom. The first-order valence-corrected chi connectivity index (χ1v) is 23.1. The summed E-state index contributed by atoms with van der Waals surface area (Å²) in [5.74, 6) is 8.72. The lowest BCUT2D eigenvalue weighted by molar-refractivity contribution is -0.138. The summed E-state index contributed by atoms with van der Waals surface area (Å²) in [4.78, 5) is 41.4. The van der Waals surface area contributed by atoms with Crippen molar-refractivity contribution in [2.45, 2.75) is 258 Å². The predicted molar refractivity (Wildman–Crippen MR) is 236 cm³/mol. The van der Waals surface area contributed by atoms with E-state index in [9.17, 15) is 19.2 Å². The number of carboxylic acid groups (broad SMARTS) is 2. The van der Waals surface area contributed by atoms with E-state index in [0.717, 1.165) is 12.8 Å². The summed E-state index contributed by atoms with van der Waals surface area (Å²) in [6.07, 6.45) is 44.1. The van der Waals surface area contributed by atoms with Crippen LogP contribution in [0.5, 0.6) is 0 Å². The highest BCUT2D eigenvalue weighted by atomic mass is 16.4. The van der Waals surface area contributed by atoms with Crippen LogP contribution in [0, 0.1) is 23.7 Å². The van der Waals surface area contributed by atoms with Gasteiger partial charge >= 0.3 is 11.9 Å². The highest BCUT2D eigenvalue weighted by Crippen LogP contribution is 2.15. The van der Waals surface area contributed by atoms with Gasteiger partial charge in [0.05, 0.1) is 0 Å². The molecule has 8 nitrogen and oxygen atoms in total. The minimum atomic E-state index is -0.818. The van der Waals surface area contributed by atoms with Gasteiger partial charge in [-0.25, -0.2) is 0 Å². The molecule has 0 aliphatic heterocycles. The Hall–Kier alpha value is -3.00. The molecule has 0 bridgehead atoms. The van der Waals surface area contributed by atoms with Crippen LogP contribution >= 0.6 is 0 Å². The Labute approximate surface area is 345 Å². The number of unbranched alkanes of at least 4 members (excludes halogenated alkanes) is 30. The molecular formula is C48H88N2O6. The second-order valence-corrected chi connectivity index (χ2v) is 15.4. The van der Waals surface area contributed by atoms with Gasteiger partial charge in [-0.3, -0.25) is 19.2 Å². The molecule has 0 rings (SSSR count). The van der Waals surface area contributed by atoms with Crippen LogP contribution in [0.2, 0.25) is 0 Å². The van der Waals surface area contributed by atoms with Gasteiger partial charge < -0.3 is 21.7 Å². The van der Waals surface area contributed by atoms with E-state index in [2.05, 4.69) is 37.5 Å². The Kier molecular flexibility index (Phi) is 53.2. The lowest BCUT2D eigenvalue weighted by atomic mass is 10.0. The third kappa shape index (κ3) is 65.9. The summed E-state index contributed by atoms with van der Waals surface area (Å²) >= 11 is 0. The Bertz CT molecular complexity index is 927. The quantitative estimate of drug-likeness (QED) is 0.0360. The fraction of sp³-hybridized carbons (Fsp3) is 0.833. The zero-order valence-electron chi connectivity index (χ0n) is 36.6. The van der Waals surface area contributed by atoms with Gasteiger partial charge in [0.2, 0.25) is 11.8 Å². The zero-order valence-corrected chi connectivity index (χ0v) is 36.6. The van der Waals surface area contributed by atoms with Crippen molar-refractivity contribution in [2.75, 3.05) is 0 Å². The predicted octanol–water partition coefficient (Wildman–Crippen LogP) is 13.0. The number of aliphatic carboxylic acids is 2. The highest BCUT2D eigenvalue weighted by molar-refractivity contribution is 5.73. The van der Waals surface area contributed by atoms with Crippen LogP contribution in [0.1, 0.15) is 258 Å². The lowest BCUT2D eigenvalue weighted by Gasteiger charge is -2.03. The first kappa shape index (κ1) is 57.3. The number of primary amides is 2. The van der Waals surface area contributed by atoms with Gasteiger partial charge in [0, 0.05) is 38.5 Å². The van der Waals surface area contributed by atoms with Crippen molar-refractivity contribution in [3.8, 4) is 23.7 Å². The third-order valence-electron chi connectivity index (χ3n) is 9.68. The van der Waals surface area contributed by atoms with E-state index in [1.165, 1.54) is 180 Å². The highest BCUT2D eigenvalue weighted by Gasteiger charge is 1.98. The van der Waals surface area contributed by atoms with Crippen LogP contribution in [0.25, 0.3) is 0 Å². The fourth-order valence-corrected chi connectivity index (χ4v) is 6.21. The number of hydrogen-bond donors (Lipinski definition) is 4. The summed E-state index contributed by atoms with van der Waals surface area (Å²) < 4.78 is 0. The van der Waals surface area contributed by atoms with Crippen molar-refractivity contribution in [1.29, 1.82) is 0 Å². The van der Waals surface area contributed by atoms with Crippen molar-refractivity contribution < 1.29 is 29.4 Å². The third-order valence-corrected chi connectivity index (χ3v) is 9.68. The normalized spacial score (nSPS) is 10.1. The number of amides is 2. The number of hydrogen-bond acceptors (Lipinski definition) is 4. The molecule has 6 N–H and O–H groups in total.